The minimum Gasteiger partial charge on any atom is -0.465 e. The highest BCUT2D eigenvalue weighted by Crippen LogP contribution is 1.93. The van der Waals surface area contributed by atoms with Gasteiger partial charge in [0.05, 0.1) is 19.1 Å². The van der Waals surface area contributed by atoms with Gasteiger partial charge >= 0.3 is 5.97 Å². The summed E-state index contributed by atoms with van der Waals surface area (Å²) in [5.41, 5.74) is 4.23. The molecule has 104 valence electrons. The largest absolute Gasteiger partial charge is 0.465 e. The van der Waals surface area contributed by atoms with Crippen molar-refractivity contribution in [3.8, 4) is 0 Å². The van der Waals surface area contributed by atoms with Gasteiger partial charge in [0.2, 0.25) is 0 Å². The zero-order chi connectivity index (χ0) is 14.3. The molecule has 7 nitrogen and oxygen atoms in total. The molecule has 19 heavy (non-hydrogen) atoms. The Morgan fingerprint density at radius 3 is 2.84 bits per heavy atom. The first kappa shape index (κ1) is 15.0. The number of aryl methyl sites for hydroxylation is 1. The molecule has 0 unspecified atom stereocenters. The molecule has 1 aromatic rings. The summed E-state index contributed by atoms with van der Waals surface area (Å²) in [6, 6.07) is 1.27. The molecule has 0 spiro atoms. The van der Waals surface area contributed by atoms with E-state index < -0.39 is 6.04 Å². The number of amides is 1. The first-order valence-electron chi connectivity index (χ1n) is 6.13. The third-order valence-corrected chi connectivity index (χ3v) is 2.61. The van der Waals surface area contributed by atoms with Crippen LogP contribution < -0.4 is 15.7 Å². The quantitative estimate of drug-likeness (QED) is 0.474. The van der Waals surface area contributed by atoms with Crippen LogP contribution in [-0.4, -0.2) is 36.7 Å². The highest BCUT2D eigenvalue weighted by Gasteiger charge is 2.20. The van der Waals surface area contributed by atoms with Crippen molar-refractivity contribution < 1.29 is 24.7 Å². The summed E-state index contributed by atoms with van der Waals surface area (Å²) in [6.45, 7) is 2.98. The zero-order valence-corrected chi connectivity index (χ0v) is 11.3. The highest BCUT2D eigenvalue weighted by molar-refractivity contribution is 5.93. The number of carbonyl (C=O) groups excluding carboxylic acids is 2. The summed E-state index contributed by atoms with van der Waals surface area (Å²) < 4.78 is 6.25. The van der Waals surface area contributed by atoms with Crippen LogP contribution in [0.25, 0.3) is 0 Å². The van der Waals surface area contributed by atoms with Crippen molar-refractivity contribution in [3.63, 3.8) is 0 Å². The fourth-order valence-electron chi connectivity index (χ4n) is 1.49. The third kappa shape index (κ3) is 4.63. The second kappa shape index (κ2) is 7.42. The number of rotatable bonds is 6. The second-order valence-electron chi connectivity index (χ2n) is 4.05. The minimum absolute atomic E-state index is 0.147. The normalized spacial score (nSPS) is 11.7. The van der Waals surface area contributed by atoms with Crippen LogP contribution in [0.3, 0.4) is 0 Å². The number of esters is 1. The molecular weight excluding hydrogens is 248 g/mol. The number of methoxy groups -OCH3 is 1. The van der Waals surface area contributed by atoms with Gasteiger partial charge in [-0.05, 0) is 12.0 Å². The van der Waals surface area contributed by atoms with Crippen molar-refractivity contribution in [2.45, 2.75) is 25.9 Å². The van der Waals surface area contributed by atoms with Crippen LogP contribution in [0.15, 0.2) is 18.5 Å². The van der Waals surface area contributed by atoms with E-state index in [4.69, 9.17) is 0 Å². The molecule has 1 atom stereocenters. The molecule has 1 amide bonds. The molecule has 4 N–H and O–H groups in total. The number of nitrogens with zero attached hydrogens (tertiary/aromatic N) is 2. The fraction of sp³-hybridized carbons (Fsp3) is 0.500. The van der Waals surface area contributed by atoms with Crippen LogP contribution in [0.5, 0.6) is 0 Å². The molecule has 0 aliphatic rings. The van der Waals surface area contributed by atoms with Crippen molar-refractivity contribution in [2.75, 3.05) is 13.7 Å². The molecule has 0 fully saturated rings. The van der Waals surface area contributed by atoms with Crippen LogP contribution in [0, 0.1) is 0 Å². The average molecular weight is 268 g/mol. The lowest BCUT2D eigenvalue weighted by molar-refractivity contribution is -0.756. The maximum Gasteiger partial charge on any atom is 0.364 e. The van der Waals surface area contributed by atoms with Crippen LogP contribution in [0.1, 0.15) is 23.7 Å². The molecule has 1 heterocycles. The van der Waals surface area contributed by atoms with Gasteiger partial charge in [-0.25, -0.2) is 4.79 Å². The van der Waals surface area contributed by atoms with E-state index in [1.807, 2.05) is 6.92 Å². The molecule has 1 rings (SSSR count). The van der Waals surface area contributed by atoms with E-state index in [1.54, 1.807) is 16.9 Å². The monoisotopic (exact) mass is 268 g/mol. The lowest BCUT2D eigenvalue weighted by atomic mass is 10.2. The summed E-state index contributed by atoms with van der Waals surface area (Å²) in [5, 5.41) is 6.81. The smallest absolute Gasteiger partial charge is 0.364 e. The maximum absolute atomic E-state index is 11.5. The molecule has 0 aliphatic heterocycles. The number of aromatic nitrogens is 2. The Kier molecular flexibility index (Phi) is 5.87. The zero-order valence-electron chi connectivity index (χ0n) is 11.3. The number of hydrogen-bond donors (Lipinski definition) is 2. The Labute approximate surface area is 111 Å². The summed E-state index contributed by atoms with van der Waals surface area (Å²) >= 11 is 0. The van der Waals surface area contributed by atoms with E-state index in [2.05, 4.69) is 20.9 Å². The highest BCUT2D eigenvalue weighted by atomic mass is 16.5. The Morgan fingerprint density at radius 2 is 2.32 bits per heavy atom. The predicted molar refractivity (Wildman–Crippen MR) is 65.7 cm³/mol. The van der Waals surface area contributed by atoms with Gasteiger partial charge in [0.15, 0.2) is 18.8 Å². The van der Waals surface area contributed by atoms with Crippen LogP contribution in [0.2, 0.25) is 0 Å². The van der Waals surface area contributed by atoms with E-state index >= 15 is 0 Å². The van der Waals surface area contributed by atoms with Gasteiger partial charge < -0.3 is 15.8 Å². The van der Waals surface area contributed by atoms with Gasteiger partial charge in [-0.2, -0.15) is 0 Å². The average Bonchev–Trinajstić information content (AvgIpc) is 2.44. The number of hydrogen-bond acceptors (Lipinski definition) is 4. The van der Waals surface area contributed by atoms with E-state index in [-0.39, 0.29) is 11.9 Å². The number of quaternary nitrogens is 1. The van der Waals surface area contributed by atoms with Gasteiger partial charge in [-0.1, -0.05) is 4.68 Å². The van der Waals surface area contributed by atoms with Gasteiger partial charge in [0.1, 0.15) is 6.20 Å². The van der Waals surface area contributed by atoms with E-state index in [0.29, 0.717) is 25.1 Å². The topological polar surface area (TPSA) is 99.8 Å². The van der Waals surface area contributed by atoms with Gasteiger partial charge in [-0.15, -0.1) is 0 Å². The SMILES string of the molecule is CCNC(=O)c1cc[n+](CC[C@H]([NH3+])C(=O)OC)nc1. The van der Waals surface area contributed by atoms with Crippen LogP contribution in [0.4, 0.5) is 0 Å². The molecule has 7 heteroatoms. The lowest BCUT2D eigenvalue weighted by Crippen LogP contribution is -2.66. The minimum atomic E-state index is -0.414. The molecule has 0 saturated heterocycles. The summed E-state index contributed by atoms with van der Waals surface area (Å²) in [4.78, 5) is 22.7. The third-order valence-electron chi connectivity index (χ3n) is 2.61. The summed E-state index contributed by atoms with van der Waals surface area (Å²) in [6.07, 6.45) is 3.74. The number of carbonyl (C=O) groups is 2. The van der Waals surface area contributed by atoms with Gasteiger partial charge in [-0.3, -0.25) is 4.79 Å². The Hall–Kier alpha value is -2.02. The van der Waals surface area contributed by atoms with Crippen molar-refractivity contribution >= 4 is 11.9 Å². The summed E-state index contributed by atoms with van der Waals surface area (Å²) in [7, 11) is 1.34. The molecule has 0 bridgehead atoms. The van der Waals surface area contributed by atoms with E-state index in [9.17, 15) is 9.59 Å². The molecule has 0 radical (unpaired) electrons. The Balaban J connectivity index is 2.53. The van der Waals surface area contributed by atoms with Crippen molar-refractivity contribution in [1.82, 2.24) is 10.4 Å². The molecule has 0 aliphatic carbocycles. The maximum atomic E-state index is 11.5. The first-order valence-corrected chi connectivity index (χ1v) is 6.13. The van der Waals surface area contributed by atoms with Crippen LogP contribution in [-0.2, 0) is 16.1 Å². The van der Waals surface area contributed by atoms with E-state index in [0.717, 1.165) is 0 Å². The van der Waals surface area contributed by atoms with Gasteiger partial charge in [0, 0.05) is 12.6 Å². The van der Waals surface area contributed by atoms with E-state index in [1.165, 1.54) is 13.3 Å². The Bertz CT molecular complexity index is 433. The van der Waals surface area contributed by atoms with Crippen LogP contribution >= 0.6 is 0 Å². The number of nitrogens with one attached hydrogen (secondary N) is 1. The van der Waals surface area contributed by atoms with Crippen molar-refractivity contribution in [2.24, 2.45) is 0 Å². The number of ether oxygens (including phenoxy) is 1. The van der Waals surface area contributed by atoms with Gasteiger partial charge in [0.25, 0.3) is 5.91 Å². The first-order chi connectivity index (χ1) is 9.08. The second-order valence-corrected chi connectivity index (χ2v) is 4.05. The standard InChI is InChI=1S/C12H18N4O3/c1-3-14-11(17)9-4-6-16(15-8-9)7-5-10(13)12(18)19-2/h4,6,8,10H,3,5,7,13H2,1-2H3/p+2/t10-/m0/s1. The molecule has 0 saturated carbocycles. The fourth-order valence-corrected chi connectivity index (χ4v) is 1.49. The molecule has 0 aromatic carbocycles. The molecule has 1 aromatic heterocycles. The van der Waals surface area contributed by atoms with Crippen molar-refractivity contribution in [3.05, 3.63) is 24.0 Å². The lowest BCUT2D eigenvalue weighted by Gasteiger charge is -2.03. The Morgan fingerprint density at radius 1 is 1.58 bits per heavy atom. The summed E-state index contributed by atoms with van der Waals surface area (Å²) in [5.74, 6) is -0.480. The predicted octanol–water partition coefficient (Wildman–Crippen LogP) is -1.71. The molecular formula is C12H20N4O3+2. The van der Waals surface area contributed by atoms with Crippen molar-refractivity contribution in [1.29, 1.82) is 0 Å².